The number of carbonyl (C=O) groups excluding carboxylic acids is 2. The number of aromatic nitrogens is 2. The van der Waals surface area contributed by atoms with Crippen LogP contribution in [0.3, 0.4) is 0 Å². The molecule has 1 aliphatic carbocycles. The number of nitrogens with zero attached hydrogens (tertiary/aromatic N) is 2. The molecule has 2 aromatic rings. The van der Waals surface area contributed by atoms with E-state index in [4.69, 9.17) is 0 Å². The van der Waals surface area contributed by atoms with Crippen molar-refractivity contribution in [1.82, 2.24) is 20.4 Å². The second-order valence-corrected chi connectivity index (χ2v) is 7.84. The fourth-order valence-electron chi connectivity index (χ4n) is 4.21. The predicted octanol–water partition coefficient (Wildman–Crippen LogP) is 2.46. The highest BCUT2D eigenvalue weighted by molar-refractivity contribution is 5.96. The van der Waals surface area contributed by atoms with Gasteiger partial charge in [0.15, 0.2) is 0 Å². The SMILES string of the molecule is Cl.Cn1cc([C@H]2CNC[C@@H]2C(=O)Nc2ccc(C(=O)NC3CCCC3)cc2)cn1. The van der Waals surface area contributed by atoms with Crippen molar-refractivity contribution in [3.8, 4) is 0 Å². The smallest absolute Gasteiger partial charge is 0.251 e. The molecule has 0 radical (unpaired) electrons. The average molecular weight is 418 g/mol. The molecule has 1 aliphatic heterocycles. The van der Waals surface area contributed by atoms with Crippen molar-refractivity contribution in [3.63, 3.8) is 0 Å². The first-order chi connectivity index (χ1) is 13.6. The van der Waals surface area contributed by atoms with Gasteiger partial charge in [-0.3, -0.25) is 14.3 Å². The zero-order valence-corrected chi connectivity index (χ0v) is 17.4. The molecule has 1 saturated heterocycles. The number of hydrogen-bond donors (Lipinski definition) is 3. The molecule has 7 nitrogen and oxygen atoms in total. The molecule has 0 spiro atoms. The molecule has 2 atom stereocenters. The summed E-state index contributed by atoms with van der Waals surface area (Å²) in [5.41, 5.74) is 2.41. The van der Waals surface area contributed by atoms with E-state index in [1.165, 1.54) is 12.8 Å². The number of rotatable bonds is 5. The summed E-state index contributed by atoms with van der Waals surface area (Å²) in [6.45, 7) is 1.41. The third-order valence-electron chi connectivity index (χ3n) is 5.81. The van der Waals surface area contributed by atoms with E-state index in [9.17, 15) is 9.59 Å². The Labute approximate surface area is 177 Å². The minimum atomic E-state index is -0.144. The monoisotopic (exact) mass is 417 g/mol. The van der Waals surface area contributed by atoms with Crippen LogP contribution in [0.1, 0.15) is 47.5 Å². The third-order valence-corrected chi connectivity index (χ3v) is 5.81. The van der Waals surface area contributed by atoms with E-state index in [2.05, 4.69) is 21.0 Å². The largest absolute Gasteiger partial charge is 0.349 e. The van der Waals surface area contributed by atoms with E-state index < -0.39 is 0 Å². The molecular formula is C21H28ClN5O2. The minimum Gasteiger partial charge on any atom is -0.349 e. The molecule has 2 heterocycles. The molecule has 1 aromatic heterocycles. The Hall–Kier alpha value is -2.38. The van der Waals surface area contributed by atoms with Gasteiger partial charge in [0.1, 0.15) is 0 Å². The van der Waals surface area contributed by atoms with Crippen LogP contribution < -0.4 is 16.0 Å². The number of amides is 2. The van der Waals surface area contributed by atoms with E-state index in [0.717, 1.165) is 24.9 Å². The molecule has 156 valence electrons. The lowest BCUT2D eigenvalue weighted by molar-refractivity contribution is -0.119. The molecule has 3 N–H and O–H groups in total. The first kappa shape index (κ1) is 21.3. The molecule has 2 fully saturated rings. The summed E-state index contributed by atoms with van der Waals surface area (Å²) in [6, 6.07) is 7.42. The van der Waals surface area contributed by atoms with Crippen molar-refractivity contribution in [2.24, 2.45) is 13.0 Å². The lowest BCUT2D eigenvalue weighted by Gasteiger charge is -2.17. The lowest BCUT2D eigenvalue weighted by atomic mass is 9.90. The molecular weight excluding hydrogens is 390 g/mol. The second kappa shape index (κ2) is 9.41. The van der Waals surface area contributed by atoms with Crippen LogP contribution in [0.4, 0.5) is 5.69 Å². The quantitative estimate of drug-likeness (QED) is 0.697. The number of nitrogens with one attached hydrogen (secondary N) is 3. The Bertz CT molecular complexity index is 845. The van der Waals surface area contributed by atoms with E-state index >= 15 is 0 Å². The van der Waals surface area contributed by atoms with Crippen LogP contribution in [0.15, 0.2) is 36.7 Å². The summed E-state index contributed by atoms with van der Waals surface area (Å²) in [7, 11) is 1.88. The summed E-state index contributed by atoms with van der Waals surface area (Å²) < 4.78 is 1.76. The van der Waals surface area contributed by atoms with E-state index in [0.29, 0.717) is 23.8 Å². The number of hydrogen-bond acceptors (Lipinski definition) is 4. The van der Waals surface area contributed by atoms with Gasteiger partial charge in [0.2, 0.25) is 5.91 Å². The van der Waals surface area contributed by atoms with Crippen molar-refractivity contribution < 1.29 is 9.59 Å². The molecule has 1 saturated carbocycles. The van der Waals surface area contributed by atoms with Crippen LogP contribution in [-0.4, -0.2) is 40.7 Å². The molecule has 8 heteroatoms. The average Bonchev–Trinajstić information content (AvgIpc) is 3.43. The van der Waals surface area contributed by atoms with Gasteiger partial charge in [0.05, 0.1) is 12.1 Å². The van der Waals surface area contributed by atoms with Gasteiger partial charge in [-0.2, -0.15) is 5.10 Å². The Morgan fingerprint density at radius 3 is 2.52 bits per heavy atom. The summed E-state index contributed by atoms with van der Waals surface area (Å²) in [5, 5.41) is 13.6. The van der Waals surface area contributed by atoms with Crippen molar-refractivity contribution in [2.75, 3.05) is 18.4 Å². The van der Waals surface area contributed by atoms with Crippen molar-refractivity contribution in [3.05, 3.63) is 47.8 Å². The topological polar surface area (TPSA) is 88.0 Å². The molecule has 0 bridgehead atoms. The first-order valence-electron chi connectivity index (χ1n) is 10.0. The van der Waals surface area contributed by atoms with Crippen molar-refractivity contribution >= 4 is 29.9 Å². The summed E-state index contributed by atoms with van der Waals surface area (Å²) in [4.78, 5) is 25.1. The summed E-state index contributed by atoms with van der Waals surface area (Å²) in [5.74, 6) is -0.0804. The lowest BCUT2D eigenvalue weighted by Crippen LogP contribution is -2.32. The zero-order valence-electron chi connectivity index (χ0n) is 16.6. The number of halogens is 1. The molecule has 1 aromatic carbocycles. The number of aryl methyl sites for hydroxylation is 1. The Morgan fingerprint density at radius 1 is 1.14 bits per heavy atom. The number of benzene rings is 1. The van der Waals surface area contributed by atoms with Gasteiger partial charge in [-0.25, -0.2) is 0 Å². The number of carbonyl (C=O) groups is 2. The fraction of sp³-hybridized carbons (Fsp3) is 0.476. The van der Waals surface area contributed by atoms with Gasteiger partial charge >= 0.3 is 0 Å². The van der Waals surface area contributed by atoms with Crippen LogP contribution in [0.2, 0.25) is 0 Å². The highest BCUT2D eigenvalue weighted by Gasteiger charge is 2.34. The van der Waals surface area contributed by atoms with Crippen LogP contribution >= 0.6 is 12.4 Å². The standard InChI is InChI=1S/C21H27N5O2.ClH/c1-26-13-15(10-23-26)18-11-22-12-19(18)21(28)25-17-8-6-14(7-9-17)20(27)24-16-4-2-3-5-16;/h6-10,13,16,18-19,22H,2-5,11-12H2,1H3,(H,24,27)(H,25,28);1H/t18-,19+;/m1./s1. The highest BCUT2D eigenvalue weighted by Crippen LogP contribution is 2.29. The van der Waals surface area contributed by atoms with Gasteiger partial charge in [-0.1, -0.05) is 12.8 Å². The summed E-state index contributed by atoms with van der Waals surface area (Å²) in [6.07, 6.45) is 8.30. The third kappa shape index (κ3) is 4.97. The van der Waals surface area contributed by atoms with E-state index in [1.807, 2.05) is 19.4 Å². The van der Waals surface area contributed by atoms with Crippen LogP contribution in [0.5, 0.6) is 0 Å². The fourth-order valence-corrected chi connectivity index (χ4v) is 4.21. The molecule has 0 unspecified atom stereocenters. The van der Waals surface area contributed by atoms with Gasteiger partial charge < -0.3 is 16.0 Å². The Morgan fingerprint density at radius 2 is 1.86 bits per heavy atom. The van der Waals surface area contributed by atoms with E-state index in [1.54, 1.807) is 28.9 Å². The van der Waals surface area contributed by atoms with Gasteiger partial charge in [-0.05, 0) is 42.7 Å². The predicted molar refractivity (Wildman–Crippen MR) is 114 cm³/mol. The second-order valence-electron chi connectivity index (χ2n) is 7.84. The van der Waals surface area contributed by atoms with E-state index in [-0.39, 0.29) is 36.1 Å². The zero-order chi connectivity index (χ0) is 19.5. The van der Waals surface area contributed by atoms with Gasteiger partial charge in [0.25, 0.3) is 5.91 Å². The first-order valence-corrected chi connectivity index (χ1v) is 10.0. The molecule has 4 rings (SSSR count). The normalized spacial score (nSPS) is 21.6. The molecule has 2 amide bonds. The van der Waals surface area contributed by atoms with Crippen LogP contribution in [0.25, 0.3) is 0 Å². The van der Waals surface area contributed by atoms with Crippen LogP contribution in [0, 0.1) is 5.92 Å². The number of anilines is 1. The maximum atomic E-state index is 12.8. The van der Waals surface area contributed by atoms with Crippen molar-refractivity contribution in [1.29, 1.82) is 0 Å². The van der Waals surface area contributed by atoms with Crippen LogP contribution in [-0.2, 0) is 11.8 Å². The Kier molecular flexibility index (Phi) is 6.92. The minimum absolute atomic E-state index is 0. The maximum absolute atomic E-state index is 12.8. The molecule has 29 heavy (non-hydrogen) atoms. The highest BCUT2D eigenvalue weighted by atomic mass is 35.5. The maximum Gasteiger partial charge on any atom is 0.251 e. The molecule has 2 aliphatic rings. The Balaban J connectivity index is 0.00000240. The summed E-state index contributed by atoms with van der Waals surface area (Å²) >= 11 is 0. The van der Waals surface area contributed by atoms with Gasteiger partial charge in [-0.15, -0.1) is 12.4 Å². The van der Waals surface area contributed by atoms with Gasteiger partial charge in [0, 0.05) is 49.5 Å². The van der Waals surface area contributed by atoms with Crippen molar-refractivity contribution in [2.45, 2.75) is 37.6 Å².